The largest absolute Gasteiger partial charge is 0.453 e. The van der Waals surface area contributed by atoms with E-state index in [2.05, 4.69) is 13.8 Å². The molecule has 1 heterocycles. The number of carbonyl (C=O) groups excluding carboxylic acids is 1. The minimum atomic E-state index is -0.294. The van der Waals surface area contributed by atoms with Crippen molar-refractivity contribution in [2.75, 3.05) is 13.7 Å². The Labute approximate surface area is 134 Å². The molecule has 1 aliphatic carbocycles. The molecule has 5 nitrogen and oxygen atoms in total. The van der Waals surface area contributed by atoms with Gasteiger partial charge < -0.3 is 15.2 Å². The van der Waals surface area contributed by atoms with E-state index >= 15 is 0 Å². The maximum Gasteiger partial charge on any atom is 0.410 e. The molecule has 5 heteroatoms. The molecular formula is C17H32N2O3. The fourth-order valence-electron chi connectivity index (χ4n) is 3.98. The topological polar surface area (TPSA) is 64.8 Å². The number of nitrogens with zero attached hydrogens (tertiary/aromatic N) is 1. The van der Waals surface area contributed by atoms with E-state index in [1.165, 1.54) is 20.0 Å². The summed E-state index contributed by atoms with van der Waals surface area (Å²) in [6.07, 6.45) is 5.57. The van der Waals surface area contributed by atoms with Gasteiger partial charge in [0.15, 0.2) is 0 Å². The standard InChI is InChI=1S/C17H32N2O3/c1-11(2)13-5-7-14(8-6-13)22-10-16-15(18)9-12(3)19(16)17(20)21-4/h11-16H,5-10,18H2,1-4H3/t12-,13?,14?,15+,16+/m1/s1. The van der Waals surface area contributed by atoms with Crippen molar-refractivity contribution in [1.29, 1.82) is 0 Å². The van der Waals surface area contributed by atoms with Gasteiger partial charge in [0.25, 0.3) is 0 Å². The summed E-state index contributed by atoms with van der Waals surface area (Å²) in [5, 5.41) is 0. The van der Waals surface area contributed by atoms with Crippen LogP contribution < -0.4 is 5.73 Å². The molecule has 1 saturated heterocycles. The zero-order valence-corrected chi connectivity index (χ0v) is 14.5. The van der Waals surface area contributed by atoms with Gasteiger partial charge in [0.05, 0.1) is 25.9 Å². The van der Waals surface area contributed by atoms with Crippen LogP contribution in [0, 0.1) is 11.8 Å². The van der Waals surface area contributed by atoms with Crippen LogP contribution in [-0.2, 0) is 9.47 Å². The zero-order valence-electron chi connectivity index (χ0n) is 14.5. The number of methoxy groups -OCH3 is 1. The minimum absolute atomic E-state index is 0.0268. The molecule has 22 heavy (non-hydrogen) atoms. The fourth-order valence-corrected chi connectivity index (χ4v) is 3.98. The minimum Gasteiger partial charge on any atom is -0.453 e. The van der Waals surface area contributed by atoms with E-state index < -0.39 is 0 Å². The second-order valence-corrected chi connectivity index (χ2v) is 7.31. The SMILES string of the molecule is COC(=O)N1[C@H](C)C[C@H](N)[C@@H]1COC1CCC(C(C)C)CC1. The van der Waals surface area contributed by atoms with E-state index in [0.29, 0.717) is 12.7 Å². The molecule has 0 aromatic heterocycles. The second-order valence-electron chi connectivity index (χ2n) is 7.31. The Bertz CT molecular complexity index is 367. The summed E-state index contributed by atoms with van der Waals surface area (Å²) in [5.41, 5.74) is 6.20. The van der Waals surface area contributed by atoms with Crippen LogP contribution in [0.15, 0.2) is 0 Å². The van der Waals surface area contributed by atoms with Crippen molar-refractivity contribution in [3.8, 4) is 0 Å². The molecule has 2 fully saturated rings. The van der Waals surface area contributed by atoms with Crippen molar-refractivity contribution in [2.45, 2.75) is 77.1 Å². The molecule has 2 rings (SSSR count). The van der Waals surface area contributed by atoms with Crippen molar-refractivity contribution in [2.24, 2.45) is 17.6 Å². The smallest absolute Gasteiger partial charge is 0.410 e. The number of carbonyl (C=O) groups is 1. The number of nitrogens with two attached hydrogens (primary N) is 1. The van der Waals surface area contributed by atoms with Crippen molar-refractivity contribution in [1.82, 2.24) is 4.90 Å². The van der Waals surface area contributed by atoms with Crippen molar-refractivity contribution >= 4 is 6.09 Å². The third-order valence-corrected chi connectivity index (χ3v) is 5.49. The summed E-state index contributed by atoms with van der Waals surface area (Å²) in [5.74, 6) is 1.60. The molecule has 0 aromatic carbocycles. The third-order valence-electron chi connectivity index (χ3n) is 5.49. The van der Waals surface area contributed by atoms with Crippen LogP contribution in [0.4, 0.5) is 4.79 Å². The highest BCUT2D eigenvalue weighted by Crippen LogP contribution is 2.32. The second kappa shape index (κ2) is 7.64. The van der Waals surface area contributed by atoms with Gasteiger partial charge in [-0.3, -0.25) is 4.90 Å². The van der Waals surface area contributed by atoms with Gasteiger partial charge in [-0.1, -0.05) is 13.8 Å². The Morgan fingerprint density at radius 2 is 1.91 bits per heavy atom. The highest BCUT2D eigenvalue weighted by atomic mass is 16.5. The predicted octanol–water partition coefficient (Wildman–Crippen LogP) is 2.77. The first kappa shape index (κ1) is 17.5. The summed E-state index contributed by atoms with van der Waals surface area (Å²) < 4.78 is 11.0. The lowest BCUT2D eigenvalue weighted by molar-refractivity contribution is -0.0154. The number of hydrogen-bond donors (Lipinski definition) is 1. The number of hydrogen-bond acceptors (Lipinski definition) is 4. The van der Waals surface area contributed by atoms with E-state index in [1.807, 2.05) is 6.92 Å². The summed E-state index contributed by atoms with van der Waals surface area (Å²) in [6.45, 7) is 7.15. The Morgan fingerprint density at radius 1 is 1.27 bits per heavy atom. The van der Waals surface area contributed by atoms with Crippen molar-refractivity contribution in [3.05, 3.63) is 0 Å². The maximum absolute atomic E-state index is 11.9. The first-order chi connectivity index (χ1) is 10.4. The van der Waals surface area contributed by atoms with Crippen molar-refractivity contribution in [3.63, 3.8) is 0 Å². The molecule has 1 saturated carbocycles. The molecule has 0 radical (unpaired) electrons. The van der Waals surface area contributed by atoms with Gasteiger partial charge in [-0.05, 0) is 50.9 Å². The zero-order chi connectivity index (χ0) is 16.3. The van der Waals surface area contributed by atoms with Gasteiger partial charge in [0, 0.05) is 12.1 Å². The summed E-state index contributed by atoms with van der Waals surface area (Å²) in [4.78, 5) is 13.7. The number of rotatable bonds is 4. The molecule has 128 valence electrons. The van der Waals surface area contributed by atoms with E-state index in [9.17, 15) is 4.79 Å². The van der Waals surface area contributed by atoms with Gasteiger partial charge in [0.1, 0.15) is 0 Å². The van der Waals surface area contributed by atoms with Crippen LogP contribution in [0.1, 0.15) is 52.9 Å². The third kappa shape index (κ3) is 3.93. The Hall–Kier alpha value is -0.810. The lowest BCUT2D eigenvalue weighted by Crippen LogP contribution is -2.48. The molecule has 2 aliphatic rings. The highest BCUT2D eigenvalue weighted by molar-refractivity contribution is 5.69. The number of ether oxygens (including phenoxy) is 2. The molecule has 1 aliphatic heterocycles. The number of likely N-dealkylation sites (tertiary alicyclic amines) is 1. The van der Waals surface area contributed by atoms with Gasteiger partial charge >= 0.3 is 6.09 Å². The van der Waals surface area contributed by atoms with E-state index in [1.54, 1.807) is 4.90 Å². The molecular weight excluding hydrogens is 280 g/mol. The molecule has 0 bridgehead atoms. The first-order valence-electron chi connectivity index (χ1n) is 8.67. The van der Waals surface area contributed by atoms with Gasteiger partial charge in [-0.15, -0.1) is 0 Å². The summed E-state index contributed by atoms with van der Waals surface area (Å²) in [7, 11) is 1.42. The lowest BCUT2D eigenvalue weighted by atomic mass is 9.80. The maximum atomic E-state index is 11.9. The van der Waals surface area contributed by atoms with E-state index in [0.717, 1.165) is 31.1 Å². The van der Waals surface area contributed by atoms with Gasteiger partial charge in [-0.25, -0.2) is 4.79 Å². The average Bonchev–Trinajstić information content (AvgIpc) is 2.78. The van der Waals surface area contributed by atoms with Crippen LogP contribution >= 0.6 is 0 Å². The normalized spacial score (nSPS) is 35.9. The molecule has 0 unspecified atom stereocenters. The Morgan fingerprint density at radius 3 is 2.45 bits per heavy atom. The van der Waals surface area contributed by atoms with Crippen LogP contribution in [0.25, 0.3) is 0 Å². The van der Waals surface area contributed by atoms with E-state index in [4.69, 9.17) is 15.2 Å². The number of amides is 1. The van der Waals surface area contributed by atoms with Crippen molar-refractivity contribution < 1.29 is 14.3 Å². The molecule has 3 atom stereocenters. The highest BCUT2D eigenvalue weighted by Gasteiger charge is 2.41. The quantitative estimate of drug-likeness (QED) is 0.867. The molecule has 2 N–H and O–H groups in total. The molecule has 0 spiro atoms. The summed E-state index contributed by atoms with van der Waals surface area (Å²) >= 11 is 0. The fraction of sp³-hybridized carbons (Fsp3) is 0.941. The van der Waals surface area contributed by atoms with Gasteiger partial charge in [0.2, 0.25) is 0 Å². The lowest BCUT2D eigenvalue weighted by Gasteiger charge is -2.33. The Kier molecular flexibility index (Phi) is 6.09. The van der Waals surface area contributed by atoms with Crippen LogP contribution in [0.5, 0.6) is 0 Å². The van der Waals surface area contributed by atoms with Crippen LogP contribution in [-0.4, -0.2) is 48.9 Å². The average molecular weight is 312 g/mol. The predicted molar refractivity (Wildman–Crippen MR) is 86.6 cm³/mol. The van der Waals surface area contributed by atoms with Crippen LogP contribution in [0.2, 0.25) is 0 Å². The van der Waals surface area contributed by atoms with E-state index in [-0.39, 0.29) is 24.2 Å². The monoisotopic (exact) mass is 312 g/mol. The molecule has 0 aromatic rings. The first-order valence-corrected chi connectivity index (χ1v) is 8.67. The van der Waals surface area contributed by atoms with Crippen LogP contribution in [0.3, 0.4) is 0 Å². The Balaban J connectivity index is 1.84. The summed E-state index contributed by atoms with van der Waals surface area (Å²) in [6, 6.07) is 0.0269. The molecule has 1 amide bonds. The van der Waals surface area contributed by atoms with Gasteiger partial charge in [-0.2, -0.15) is 0 Å².